The van der Waals surface area contributed by atoms with Crippen LogP contribution in [0.5, 0.6) is 0 Å². The minimum absolute atomic E-state index is 0.197. The van der Waals surface area contributed by atoms with E-state index < -0.39 is 0 Å². The molecule has 1 aromatic carbocycles. The third-order valence-electron chi connectivity index (χ3n) is 4.71. The number of pyridine rings is 1. The van der Waals surface area contributed by atoms with Crippen LogP contribution in [0.2, 0.25) is 0 Å². The van der Waals surface area contributed by atoms with E-state index in [2.05, 4.69) is 39.2 Å². The van der Waals surface area contributed by atoms with E-state index in [4.69, 9.17) is 5.73 Å². The summed E-state index contributed by atoms with van der Waals surface area (Å²) in [5.74, 6) is 0.400. The van der Waals surface area contributed by atoms with Gasteiger partial charge in [0.2, 0.25) is 0 Å². The van der Waals surface area contributed by atoms with Crippen molar-refractivity contribution in [3.63, 3.8) is 0 Å². The van der Waals surface area contributed by atoms with Gasteiger partial charge in [-0.2, -0.15) is 9.78 Å². The Labute approximate surface area is 173 Å². The van der Waals surface area contributed by atoms with Gasteiger partial charge in [0, 0.05) is 24.5 Å². The molecule has 3 N–H and O–H groups in total. The predicted molar refractivity (Wildman–Crippen MR) is 118 cm³/mol. The Morgan fingerprint density at radius 3 is 2.67 bits per heavy atom. The second-order valence-corrected chi connectivity index (χ2v) is 7.43. The molecule has 3 aromatic heterocycles. The average Bonchev–Trinajstić information content (AvgIpc) is 3.01. The number of nitrogens with two attached hydrogens (primary N) is 1. The normalized spacial score (nSPS) is 11.7. The highest BCUT2D eigenvalue weighted by Crippen LogP contribution is 2.27. The predicted octanol–water partition coefficient (Wildman–Crippen LogP) is 3.22. The van der Waals surface area contributed by atoms with Crippen molar-refractivity contribution < 1.29 is 4.79 Å². The summed E-state index contributed by atoms with van der Waals surface area (Å²) in [7, 11) is 0. The number of amides is 1. The van der Waals surface area contributed by atoms with Gasteiger partial charge in [0.25, 0.3) is 5.91 Å². The maximum absolute atomic E-state index is 13.0. The molecule has 0 aliphatic carbocycles. The van der Waals surface area contributed by atoms with Crippen LogP contribution < -0.4 is 11.1 Å². The number of nitrogen functional groups attached to an aromatic ring is 1. The van der Waals surface area contributed by atoms with Gasteiger partial charge >= 0.3 is 0 Å². The molecule has 0 aliphatic rings. The van der Waals surface area contributed by atoms with Crippen molar-refractivity contribution in [2.45, 2.75) is 20.3 Å². The van der Waals surface area contributed by atoms with Gasteiger partial charge in [-0.05, 0) is 30.5 Å². The number of anilines is 1. The number of rotatable bonds is 6. The fourth-order valence-electron chi connectivity index (χ4n) is 3.13. The quantitative estimate of drug-likeness (QED) is 0.482. The lowest BCUT2D eigenvalue weighted by molar-refractivity contribution is 0.0954. The molecule has 4 rings (SSSR count). The zero-order valence-electron chi connectivity index (χ0n) is 16.9. The van der Waals surface area contributed by atoms with Crippen LogP contribution in [0.25, 0.3) is 22.2 Å². The van der Waals surface area contributed by atoms with Crippen molar-refractivity contribution in [3.05, 3.63) is 59.9 Å². The molecule has 0 unspecified atom stereocenters. The molecule has 4 aromatic rings. The van der Waals surface area contributed by atoms with Gasteiger partial charge in [0.15, 0.2) is 5.65 Å². The maximum atomic E-state index is 13.0. The lowest BCUT2D eigenvalue weighted by Gasteiger charge is -2.07. The topological polar surface area (TPSA) is 111 Å². The van der Waals surface area contributed by atoms with Gasteiger partial charge in [0.1, 0.15) is 16.9 Å². The van der Waals surface area contributed by atoms with E-state index in [0.717, 1.165) is 12.0 Å². The zero-order valence-corrected chi connectivity index (χ0v) is 16.9. The van der Waals surface area contributed by atoms with Crippen LogP contribution >= 0.6 is 0 Å². The maximum Gasteiger partial charge on any atom is 0.257 e. The summed E-state index contributed by atoms with van der Waals surface area (Å²) in [5.41, 5.74) is 9.71. The van der Waals surface area contributed by atoms with Gasteiger partial charge < -0.3 is 11.1 Å². The van der Waals surface area contributed by atoms with Gasteiger partial charge in [-0.25, -0.2) is 9.97 Å². The average molecular weight is 401 g/mol. The molecule has 3 heterocycles. The molecule has 152 valence electrons. The molecule has 0 saturated heterocycles. The number of fused-ring (bicyclic) bond motifs is 2. The summed E-state index contributed by atoms with van der Waals surface area (Å²) in [6.45, 7) is 4.77. The Kier molecular flexibility index (Phi) is 5.38. The number of hydrogen-bond donors (Lipinski definition) is 2. The largest absolute Gasteiger partial charge is 0.383 e. The summed E-state index contributed by atoms with van der Waals surface area (Å²) in [4.78, 5) is 26.4. The van der Waals surface area contributed by atoms with E-state index in [9.17, 15) is 4.79 Å². The first kappa shape index (κ1) is 19.5. The first-order valence-electron chi connectivity index (χ1n) is 9.84. The third-order valence-corrected chi connectivity index (χ3v) is 4.71. The van der Waals surface area contributed by atoms with Crippen molar-refractivity contribution in [3.8, 4) is 0 Å². The minimum Gasteiger partial charge on any atom is -0.383 e. The van der Waals surface area contributed by atoms with Crippen molar-refractivity contribution in [1.29, 1.82) is 0 Å². The van der Waals surface area contributed by atoms with Crippen molar-refractivity contribution in [2.24, 2.45) is 11.0 Å². The van der Waals surface area contributed by atoms with E-state index in [-0.39, 0.29) is 17.3 Å². The molecule has 30 heavy (non-hydrogen) atoms. The van der Waals surface area contributed by atoms with Crippen molar-refractivity contribution in [1.82, 2.24) is 24.9 Å². The molecular formula is C22H23N7O. The third kappa shape index (κ3) is 3.84. The minimum atomic E-state index is -0.280. The highest BCUT2D eigenvalue weighted by atomic mass is 16.1. The Bertz CT molecular complexity index is 1230. The molecule has 0 aliphatic heterocycles. The molecule has 0 radical (unpaired) electrons. The summed E-state index contributed by atoms with van der Waals surface area (Å²) < 4.78 is 1.46. The lowest BCUT2D eigenvalue weighted by Crippen LogP contribution is -2.26. The molecule has 8 nitrogen and oxygen atoms in total. The SMILES string of the molecule is CC(C)CCNC(=O)c1c(N)n(/N=C/c2cccnc2)c2nc3ccccc3nc12. The van der Waals surface area contributed by atoms with E-state index in [1.165, 1.54) is 4.68 Å². The summed E-state index contributed by atoms with van der Waals surface area (Å²) in [6, 6.07) is 11.2. The van der Waals surface area contributed by atoms with Crippen molar-refractivity contribution in [2.75, 3.05) is 12.3 Å². The Hall–Kier alpha value is -3.81. The molecule has 0 spiro atoms. The number of nitrogens with zero attached hydrogens (tertiary/aromatic N) is 5. The van der Waals surface area contributed by atoms with E-state index in [0.29, 0.717) is 34.7 Å². The number of nitrogens with one attached hydrogen (secondary N) is 1. The standard InChI is InChI=1S/C22H23N7O/c1-14(2)9-11-25-22(30)18-19-21(28-17-8-4-3-7-16(17)27-19)29(20(18)23)26-13-15-6-5-10-24-12-15/h3-8,10,12-14H,9,11,23H2,1-2H3,(H,25,30)/b26-13+. The summed E-state index contributed by atoms with van der Waals surface area (Å²) in [6.07, 6.45) is 5.87. The highest BCUT2D eigenvalue weighted by Gasteiger charge is 2.23. The zero-order chi connectivity index (χ0) is 21.1. The fourth-order valence-corrected chi connectivity index (χ4v) is 3.13. The molecule has 0 saturated carbocycles. The van der Waals surface area contributed by atoms with Crippen LogP contribution in [0.3, 0.4) is 0 Å². The van der Waals surface area contributed by atoms with Crippen LogP contribution in [0.1, 0.15) is 36.2 Å². The molecule has 0 atom stereocenters. The van der Waals surface area contributed by atoms with Crippen LogP contribution in [0.4, 0.5) is 5.82 Å². The van der Waals surface area contributed by atoms with E-state index in [1.807, 2.05) is 36.4 Å². The van der Waals surface area contributed by atoms with Gasteiger partial charge in [-0.3, -0.25) is 9.78 Å². The van der Waals surface area contributed by atoms with Crippen LogP contribution in [0.15, 0.2) is 53.9 Å². The molecule has 8 heteroatoms. The second-order valence-electron chi connectivity index (χ2n) is 7.43. The van der Waals surface area contributed by atoms with Gasteiger partial charge in [0.05, 0.1) is 17.2 Å². The Morgan fingerprint density at radius 2 is 1.97 bits per heavy atom. The molecule has 1 amide bonds. The van der Waals surface area contributed by atoms with Crippen LogP contribution in [-0.2, 0) is 0 Å². The van der Waals surface area contributed by atoms with Crippen molar-refractivity contribution >= 4 is 40.1 Å². The number of hydrogen-bond acceptors (Lipinski definition) is 6. The van der Waals surface area contributed by atoms with Crippen LogP contribution in [0, 0.1) is 5.92 Å². The van der Waals surface area contributed by atoms with Crippen LogP contribution in [-0.4, -0.2) is 38.3 Å². The van der Waals surface area contributed by atoms with Gasteiger partial charge in [-0.1, -0.05) is 32.0 Å². The molecular weight excluding hydrogens is 378 g/mol. The molecule has 0 bridgehead atoms. The first-order valence-corrected chi connectivity index (χ1v) is 9.84. The second kappa shape index (κ2) is 8.28. The Morgan fingerprint density at radius 1 is 1.20 bits per heavy atom. The Balaban J connectivity index is 1.83. The van der Waals surface area contributed by atoms with E-state index >= 15 is 0 Å². The smallest absolute Gasteiger partial charge is 0.257 e. The molecule has 0 fully saturated rings. The highest BCUT2D eigenvalue weighted by molar-refractivity contribution is 6.10. The summed E-state index contributed by atoms with van der Waals surface area (Å²) in [5, 5.41) is 7.40. The number of benzene rings is 1. The fraction of sp³-hybridized carbons (Fsp3) is 0.227. The number of carbonyl (C=O) groups is 1. The van der Waals surface area contributed by atoms with Gasteiger partial charge in [-0.15, -0.1) is 0 Å². The summed E-state index contributed by atoms with van der Waals surface area (Å²) >= 11 is 0. The monoisotopic (exact) mass is 401 g/mol. The lowest BCUT2D eigenvalue weighted by atomic mass is 10.1. The number of aromatic nitrogens is 4. The number of para-hydroxylation sites is 2. The van der Waals surface area contributed by atoms with E-state index in [1.54, 1.807) is 18.6 Å². The first-order chi connectivity index (χ1) is 14.5. The number of carbonyl (C=O) groups excluding carboxylic acids is 1.